The molecule has 0 aliphatic heterocycles. The van der Waals surface area contributed by atoms with Gasteiger partial charge < -0.3 is 5.32 Å². The van der Waals surface area contributed by atoms with Crippen molar-refractivity contribution >= 4 is 11.6 Å². The number of carbonyl (C=O) groups is 1. The van der Waals surface area contributed by atoms with Crippen LogP contribution >= 0.6 is 0 Å². The molecule has 130 valence electrons. The molecule has 0 saturated carbocycles. The van der Waals surface area contributed by atoms with Gasteiger partial charge in [-0.2, -0.15) is 18.3 Å². The minimum absolute atomic E-state index is 0.0820. The second kappa shape index (κ2) is 6.67. The van der Waals surface area contributed by atoms with Gasteiger partial charge in [0.15, 0.2) is 5.69 Å². The Hall–Kier alpha value is -2.31. The van der Waals surface area contributed by atoms with Gasteiger partial charge in [0.05, 0.1) is 12.5 Å². The first kappa shape index (κ1) is 18.0. The molecule has 2 aromatic rings. The largest absolute Gasteiger partial charge is 0.435 e. The summed E-state index contributed by atoms with van der Waals surface area (Å²) in [5, 5.41) is 6.41. The van der Waals surface area contributed by atoms with Gasteiger partial charge in [-0.25, -0.2) is 0 Å². The van der Waals surface area contributed by atoms with Gasteiger partial charge >= 0.3 is 6.18 Å². The zero-order valence-electron chi connectivity index (χ0n) is 14.0. The molecule has 0 bridgehead atoms. The Bertz CT molecular complexity index is 730. The van der Waals surface area contributed by atoms with E-state index < -0.39 is 17.8 Å². The molecule has 1 aromatic heterocycles. The van der Waals surface area contributed by atoms with Crippen molar-refractivity contribution in [2.75, 3.05) is 5.32 Å². The summed E-state index contributed by atoms with van der Waals surface area (Å²) in [6.07, 6.45) is -4.49. The number of nitrogens with one attached hydrogen (secondary N) is 1. The van der Waals surface area contributed by atoms with Gasteiger partial charge in [0.2, 0.25) is 5.91 Å². The second-order valence-electron chi connectivity index (χ2n) is 6.01. The van der Waals surface area contributed by atoms with E-state index in [9.17, 15) is 18.0 Å². The first-order valence-corrected chi connectivity index (χ1v) is 7.58. The van der Waals surface area contributed by atoms with Crippen molar-refractivity contribution in [2.24, 2.45) is 5.92 Å². The van der Waals surface area contributed by atoms with Crippen LogP contribution in [-0.4, -0.2) is 15.7 Å². The Balaban J connectivity index is 2.11. The number of alkyl halides is 3. The number of rotatable bonds is 4. The number of hydrogen-bond acceptors (Lipinski definition) is 2. The zero-order valence-corrected chi connectivity index (χ0v) is 14.0. The molecule has 7 heteroatoms. The Labute approximate surface area is 138 Å². The van der Waals surface area contributed by atoms with Gasteiger partial charge in [0, 0.05) is 11.4 Å². The van der Waals surface area contributed by atoms with E-state index in [4.69, 9.17) is 0 Å². The van der Waals surface area contributed by atoms with Crippen molar-refractivity contribution in [3.05, 3.63) is 46.8 Å². The fraction of sp³-hybridized carbons (Fsp3) is 0.412. The summed E-state index contributed by atoms with van der Waals surface area (Å²) in [6.45, 7) is 7.06. The molecule has 0 saturated heterocycles. The molecular weight excluding hydrogens is 319 g/mol. The number of hydrogen-bond donors (Lipinski definition) is 1. The summed E-state index contributed by atoms with van der Waals surface area (Å²) >= 11 is 0. The number of aromatic nitrogens is 2. The number of para-hydroxylation sites is 1. The fourth-order valence-electron chi connectivity index (χ4n) is 2.43. The van der Waals surface area contributed by atoms with Crippen LogP contribution in [0.4, 0.5) is 18.9 Å². The van der Waals surface area contributed by atoms with Crippen molar-refractivity contribution in [3.63, 3.8) is 0 Å². The lowest BCUT2D eigenvalue weighted by Gasteiger charge is -2.16. The van der Waals surface area contributed by atoms with Crippen molar-refractivity contribution < 1.29 is 18.0 Å². The molecule has 1 aromatic carbocycles. The first-order valence-electron chi connectivity index (χ1n) is 7.58. The van der Waals surface area contributed by atoms with E-state index in [1.54, 1.807) is 13.8 Å². The van der Waals surface area contributed by atoms with Gasteiger partial charge in [-0.1, -0.05) is 25.1 Å². The van der Waals surface area contributed by atoms with E-state index in [-0.39, 0.29) is 12.5 Å². The maximum atomic E-state index is 12.7. The molecule has 0 unspecified atom stereocenters. The topological polar surface area (TPSA) is 46.9 Å². The van der Waals surface area contributed by atoms with Gasteiger partial charge in [0.25, 0.3) is 0 Å². The molecule has 1 amide bonds. The van der Waals surface area contributed by atoms with Crippen LogP contribution < -0.4 is 5.32 Å². The minimum Gasteiger partial charge on any atom is -0.325 e. The third-order valence-electron chi connectivity index (χ3n) is 3.90. The highest BCUT2D eigenvalue weighted by atomic mass is 19.4. The highest BCUT2D eigenvalue weighted by Crippen LogP contribution is 2.28. The Morgan fingerprint density at radius 3 is 2.33 bits per heavy atom. The number of nitrogens with zero attached hydrogens (tertiary/aromatic N) is 2. The van der Waals surface area contributed by atoms with E-state index in [0.717, 1.165) is 22.9 Å². The van der Waals surface area contributed by atoms with Crippen LogP contribution in [0.3, 0.4) is 0 Å². The van der Waals surface area contributed by atoms with Crippen molar-refractivity contribution in [2.45, 2.75) is 40.4 Å². The van der Waals surface area contributed by atoms with Crippen LogP contribution in [0.1, 0.15) is 29.4 Å². The minimum atomic E-state index is -4.49. The standard InChI is InChI=1S/C17H20F3N3O/c1-10-6-5-7-11(2)15(10)21-16(24)12(3)9-23-13(4)8-14(22-23)17(18,19)20/h5-8,12H,9H2,1-4H3,(H,21,24)/t12-/m1/s1. The number of benzene rings is 1. The molecule has 24 heavy (non-hydrogen) atoms. The predicted molar refractivity (Wildman–Crippen MR) is 85.7 cm³/mol. The number of carbonyl (C=O) groups excluding carboxylic acids is 1. The second-order valence-corrected chi connectivity index (χ2v) is 6.01. The summed E-state index contributed by atoms with van der Waals surface area (Å²) in [6, 6.07) is 6.66. The Morgan fingerprint density at radius 1 is 1.25 bits per heavy atom. The predicted octanol–water partition coefficient (Wildman–Crippen LogP) is 4.10. The molecule has 4 nitrogen and oxygen atoms in total. The zero-order chi connectivity index (χ0) is 18.1. The van der Waals surface area contributed by atoms with Crippen LogP contribution in [0, 0.1) is 26.7 Å². The average Bonchev–Trinajstić information content (AvgIpc) is 2.84. The van der Waals surface area contributed by atoms with Crippen LogP contribution in [-0.2, 0) is 17.5 Å². The van der Waals surface area contributed by atoms with Gasteiger partial charge in [-0.05, 0) is 38.0 Å². The molecule has 0 spiro atoms. The van der Waals surface area contributed by atoms with Gasteiger partial charge in [-0.3, -0.25) is 9.48 Å². The van der Waals surface area contributed by atoms with Crippen molar-refractivity contribution in [3.8, 4) is 0 Å². The third-order valence-corrected chi connectivity index (χ3v) is 3.90. The quantitative estimate of drug-likeness (QED) is 0.911. The van der Waals surface area contributed by atoms with Crippen LogP contribution in [0.2, 0.25) is 0 Å². The molecule has 2 rings (SSSR count). The molecule has 1 heterocycles. The van der Waals surface area contributed by atoms with E-state index >= 15 is 0 Å². The molecule has 0 fully saturated rings. The molecule has 1 atom stereocenters. The fourth-order valence-corrected chi connectivity index (χ4v) is 2.43. The Morgan fingerprint density at radius 2 is 1.83 bits per heavy atom. The molecule has 0 aliphatic carbocycles. The molecular formula is C17H20F3N3O. The monoisotopic (exact) mass is 339 g/mol. The highest BCUT2D eigenvalue weighted by Gasteiger charge is 2.34. The first-order chi connectivity index (χ1) is 11.1. The molecule has 0 aliphatic rings. The average molecular weight is 339 g/mol. The van der Waals surface area contributed by atoms with Crippen molar-refractivity contribution in [1.82, 2.24) is 9.78 Å². The number of anilines is 1. The summed E-state index contributed by atoms with van der Waals surface area (Å²) in [7, 11) is 0. The number of amides is 1. The van der Waals surface area contributed by atoms with Crippen LogP contribution in [0.25, 0.3) is 0 Å². The van der Waals surface area contributed by atoms with E-state index in [1.165, 1.54) is 4.68 Å². The SMILES string of the molecule is Cc1cccc(C)c1NC(=O)[C@H](C)Cn1nc(C(F)(F)F)cc1C. The summed E-state index contributed by atoms with van der Waals surface area (Å²) in [5.74, 6) is -0.778. The molecule has 0 radical (unpaired) electrons. The third kappa shape index (κ3) is 3.96. The lowest BCUT2D eigenvalue weighted by Crippen LogP contribution is -2.26. The number of aryl methyl sites for hydroxylation is 3. The van der Waals surface area contributed by atoms with Crippen molar-refractivity contribution in [1.29, 1.82) is 0 Å². The highest BCUT2D eigenvalue weighted by molar-refractivity contribution is 5.93. The van der Waals surface area contributed by atoms with E-state index in [2.05, 4.69) is 10.4 Å². The lowest BCUT2D eigenvalue weighted by atomic mass is 10.1. The maximum Gasteiger partial charge on any atom is 0.435 e. The van der Waals surface area contributed by atoms with Crippen LogP contribution in [0.15, 0.2) is 24.3 Å². The van der Waals surface area contributed by atoms with E-state index in [0.29, 0.717) is 5.69 Å². The normalized spacial score (nSPS) is 13.0. The maximum absolute atomic E-state index is 12.7. The summed E-state index contributed by atoms with van der Waals surface area (Å²) in [5.41, 5.74) is 2.04. The lowest BCUT2D eigenvalue weighted by molar-refractivity contribution is -0.141. The van der Waals surface area contributed by atoms with Gasteiger partial charge in [-0.15, -0.1) is 0 Å². The number of halogens is 3. The van der Waals surface area contributed by atoms with Gasteiger partial charge in [0.1, 0.15) is 0 Å². The summed E-state index contributed by atoms with van der Waals surface area (Å²) in [4.78, 5) is 12.4. The molecule has 1 N–H and O–H groups in total. The summed E-state index contributed by atoms with van der Waals surface area (Å²) < 4.78 is 39.3. The van der Waals surface area contributed by atoms with Crippen LogP contribution in [0.5, 0.6) is 0 Å². The Kier molecular flexibility index (Phi) is 5.01. The smallest absolute Gasteiger partial charge is 0.325 e. The van der Waals surface area contributed by atoms with E-state index in [1.807, 2.05) is 32.0 Å².